The van der Waals surface area contributed by atoms with E-state index in [0.29, 0.717) is 55.7 Å². The minimum atomic E-state index is -0.398. The van der Waals surface area contributed by atoms with Gasteiger partial charge in [0.2, 0.25) is 0 Å². The molecule has 3 N–H and O–H groups in total. The Morgan fingerprint density at radius 3 is 2.66 bits per heavy atom. The molecule has 0 atom stereocenters. The van der Waals surface area contributed by atoms with Crippen molar-refractivity contribution in [3.8, 4) is 11.5 Å². The van der Waals surface area contributed by atoms with Gasteiger partial charge in [0.1, 0.15) is 23.9 Å². The number of H-pyrrole nitrogens is 1. The van der Waals surface area contributed by atoms with E-state index >= 15 is 0 Å². The van der Waals surface area contributed by atoms with Gasteiger partial charge >= 0.3 is 0 Å². The molecule has 41 heavy (non-hydrogen) atoms. The standard InChI is InChI=1S/C27H33N9O4.BrH/c1-6-39-20-11-16-12-36(25(28)22(16)30-23(20)26(38)29-5)13-19(37)15-9-17(27(2,3)4)24-18(10-15)35(7-8-40-24)14-21-31-33-34-32-21;/h9-11,28H,6-8,12-14H2,1-5H3,(H,29,38)(H,31,32,33,34);1H. The molecular weight excluding hydrogens is 594 g/mol. The van der Waals surface area contributed by atoms with E-state index in [0.717, 1.165) is 22.6 Å². The highest BCUT2D eigenvalue weighted by Gasteiger charge is 2.33. The Labute approximate surface area is 248 Å². The van der Waals surface area contributed by atoms with Crippen molar-refractivity contribution in [2.24, 2.45) is 0 Å². The van der Waals surface area contributed by atoms with Gasteiger partial charge in [0, 0.05) is 30.3 Å². The quantitative estimate of drug-likeness (QED) is 0.316. The molecule has 0 saturated heterocycles. The molecule has 1 aromatic carbocycles. The Bertz CT molecular complexity index is 1470. The molecule has 14 heteroatoms. The van der Waals surface area contributed by atoms with E-state index in [1.807, 2.05) is 19.1 Å². The molecule has 0 fully saturated rings. The number of tetrazole rings is 1. The number of halogens is 1. The zero-order chi connectivity index (χ0) is 28.6. The molecule has 1 amide bonds. The summed E-state index contributed by atoms with van der Waals surface area (Å²) in [6, 6.07) is 5.47. The number of nitrogens with one attached hydrogen (secondary N) is 3. The first kappa shape index (κ1) is 29.9. The Balaban J connectivity index is 0.00000387. The Morgan fingerprint density at radius 2 is 2.00 bits per heavy atom. The normalized spacial score (nSPS) is 14.1. The lowest BCUT2D eigenvalue weighted by molar-refractivity contribution is 0.0949. The number of hydrogen-bond donors (Lipinski definition) is 3. The molecule has 2 aliphatic heterocycles. The van der Waals surface area contributed by atoms with Gasteiger partial charge in [0.05, 0.1) is 31.9 Å². The zero-order valence-corrected chi connectivity index (χ0v) is 25.4. The van der Waals surface area contributed by atoms with Crippen LogP contribution in [0.25, 0.3) is 0 Å². The summed E-state index contributed by atoms with van der Waals surface area (Å²) in [5.41, 5.74) is 3.17. The first-order valence-electron chi connectivity index (χ1n) is 13.1. The third-order valence-corrected chi connectivity index (χ3v) is 6.91. The number of rotatable bonds is 8. The average molecular weight is 629 g/mol. The van der Waals surface area contributed by atoms with Gasteiger partial charge in [-0.1, -0.05) is 26.0 Å². The van der Waals surface area contributed by atoms with Gasteiger partial charge in [-0.2, -0.15) is 5.21 Å². The van der Waals surface area contributed by atoms with Crippen molar-refractivity contribution in [3.05, 3.63) is 52.1 Å². The maximum atomic E-state index is 13.7. The fraction of sp³-hybridized carbons (Fsp3) is 0.444. The highest BCUT2D eigenvalue weighted by atomic mass is 79.9. The maximum Gasteiger partial charge on any atom is 0.273 e. The van der Waals surface area contributed by atoms with Crippen LogP contribution >= 0.6 is 17.0 Å². The molecule has 4 heterocycles. The van der Waals surface area contributed by atoms with Crippen molar-refractivity contribution < 1.29 is 19.1 Å². The van der Waals surface area contributed by atoms with Crippen LogP contribution in [0.1, 0.15) is 71.2 Å². The Morgan fingerprint density at radius 1 is 1.22 bits per heavy atom. The van der Waals surface area contributed by atoms with Crippen LogP contribution in [0.2, 0.25) is 0 Å². The molecule has 0 spiro atoms. The molecular formula is C27H34BrN9O4. The zero-order valence-electron chi connectivity index (χ0n) is 23.7. The number of ether oxygens (including phenoxy) is 2. The van der Waals surface area contributed by atoms with E-state index in [4.69, 9.17) is 14.9 Å². The Hall–Kier alpha value is -4.07. The summed E-state index contributed by atoms with van der Waals surface area (Å²) in [7, 11) is 1.52. The van der Waals surface area contributed by atoms with Crippen LogP contribution in [0.3, 0.4) is 0 Å². The first-order valence-corrected chi connectivity index (χ1v) is 13.1. The van der Waals surface area contributed by atoms with Crippen LogP contribution < -0.4 is 19.7 Å². The summed E-state index contributed by atoms with van der Waals surface area (Å²) in [6.45, 7) is 10.2. The largest absolute Gasteiger partial charge is 0.491 e. The lowest BCUT2D eigenvalue weighted by atomic mass is 9.84. The summed E-state index contributed by atoms with van der Waals surface area (Å²) in [6.07, 6.45) is 0. The number of pyridine rings is 1. The summed E-state index contributed by atoms with van der Waals surface area (Å²) >= 11 is 0. The van der Waals surface area contributed by atoms with E-state index in [1.165, 1.54) is 7.05 Å². The van der Waals surface area contributed by atoms with E-state index in [-0.39, 0.29) is 46.3 Å². The summed E-state index contributed by atoms with van der Waals surface area (Å²) in [5.74, 6) is 1.19. The van der Waals surface area contributed by atoms with Crippen LogP contribution in [-0.4, -0.2) is 81.4 Å². The molecule has 0 radical (unpaired) electrons. The summed E-state index contributed by atoms with van der Waals surface area (Å²) < 4.78 is 11.8. The predicted octanol–water partition coefficient (Wildman–Crippen LogP) is 2.65. The molecule has 0 aliphatic carbocycles. The summed E-state index contributed by atoms with van der Waals surface area (Å²) in [4.78, 5) is 34.3. The lowest BCUT2D eigenvalue weighted by Crippen LogP contribution is -2.35. The number of aromatic amines is 1. The SMILES string of the molecule is Br.CCOc1cc2c(nc1C(=O)NC)C(=N)N(CC(=O)c1cc3c(c(C(C)(C)C)c1)OCCN3Cc1nn[nH]n1)C2. The average Bonchev–Trinajstić information content (AvgIpc) is 3.54. The molecule has 2 aliphatic rings. The minimum Gasteiger partial charge on any atom is -0.491 e. The number of Topliss-reactive ketones (excluding diaryl/α,β-unsaturated/α-hetero) is 1. The third-order valence-electron chi connectivity index (χ3n) is 6.91. The smallest absolute Gasteiger partial charge is 0.273 e. The van der Waals surface area contributed by atoms with Crippen molar-refractivity contribution >= 4 is 40.2 Å². The molecule has 5 rings (SSSR count). The van der Waals surface area contributed by atoms with E-state index < -0.39 is 5.91 Å². The Kier molecular flexibility index (Phi) is 8.61. The number of benzene rings is 1. The highest BCUT2D eigenvalue weighted by molar-refractivity contribution is 8.93. The fourth-order valence-electron chi connectivity index (χ4n) is 4.92. The van der Waals surface area contributed by atoms with Crippen LogP contribution in [0, 0.1) is 5.41 Å². The molecule has 2 aromatic heterocycles. The predicted molar refractivity (Wildman–Crippen MR) is 157 cm³/mol. The third kappa shape index (κ3) is 5.87. The van der Waals surface area contributed by atoms with E-state index in [2.05, 4.69) is 56.6 Å². The van der Waals surface area contributed by atoms with Gasteiger partial charge in [0.15, 0.2) is 23.1 Å². The number of carbonyl (C=O) groups excluding carboxylic acids is 2. The fourth-order valence-corrected chi connectivity index (χ4v) is 4.92. The molecule has 3 aromatic rings. The highest BCUT2D eigenvalue weighted by Crippen LogP contribution is 2.42. The van der Waals surface area contributed by atoms with E-state index in [1.54, 1.807) is 11.0 Å². The van der Waals surface area contributed by atoms with Gasteiger partial charge < -0.3 is 24.6 Å². The topological polar surface area (TPSA) is 162 Å². The lowest BCUT2D eigenvalue weighted by Gasteiger charge is -2.35. The van der Waals surface area contributed by atoms with Crippen LogP contribution in [0.15, 0.2) is 18.2 Å². The van der Waals surface area contributed by atoms with Crippen LogP contribution in [0.4, 0.5) is 5.69 Å². The van der Waals surface area contributed by atoms with Crippen molar-refractivity contribution in [2.75, 3.05) is 38.3 Å². The van der Waals surface area contributed by atoms with Crippen molar-refractivity contribution in [3.63, 3.8) is 0 Å². The number of amidine groups is 1. The van der Waals surface area contributed by atoms with Gasteiger partial charge in [0.25, 0.3) is 5.91 Å². The number of aromatic nitrogens is 5. The second-order valence-electron chi connectivity index (χ2n) is 10.7. The molecule has 0 unspecified atom stereocenters. The number of carbonyl (C=O) groups is 2. The molecule has 0 bridgehead atoms. The maximum absolute atomic E-state index is 13.7. The van der Waals surface area contributed by atoms with Gasteiger partial charge in [-0.05, 0) is 30.5 Å². The van der Waals surface area contributed by atoms with Gasteiger partial charge in [-0.3, -0.25) is 15.0 Å². The number of anilines is 1. The number of amides is 1. The second-order valence-corrected chi connectivity index (χ2v) is 10.7. The molecule has 13 nitrogen and oxygen atoms in total. The van der Waals surface area contributed by atoms with Gasteiger partial charge in [-0.15, -0.1) is 27.2 Å². The van der Waals surface area contributed by atoms with Gasteiger partial charge in [-0.25, -0.2) is 4.98 Å². The first-order chi connectivity index (χ1) is 19.1. The minimum absolute atomic E-state index is 0. The monoisotopic (exact) mass is 627 g/mol. The number of ketones is 1. The number of nitrogens with zero attached hydrogens (tertiary/aromatic N) is 6. The molecule has 218 valence electrons. The van der Waals surface area contributed by atoms with Crippen molar-refractivity contribution in [1.29, 1.82) is 5.41 Å². The molecule has 0 saturated carbocycles. The summed E-state index contributed by atoms with van der Waals surface area (Å²) in [5, 5.41) is 25.6. The van der Waals surface area contributed by atoms with Crippen LogP contribution in [0.5, 0.6) is 11.5 Å². The van der Waals surface area contributed by atoms with Crippen molar-refractivity contribution in [1.82, 2.24) is 35.8 Å². The van der Waals surface area contributed by atoms with Crippen molar-refractivity contribution in [2.45, 2.75) is 46.2 Å². The second kappa shape index (κ2) is 11.8. The van der Waals surface area contributed by atoms with Crippen LogP contribution in [-0.2, 0) is 18.5 Å². The van der Waals surface area contributed by atoms with E-state index in [9.17, 15) is 9.59 Å². The number of hydrogen-bond acceptors (Lipinski definition) is 10. The number of fused-ring (bicyclic) bond motifs is 2.